The number of imide groups is 1. The Hall–Kier alpha value is -3.94. The second-order valence-electron chi connectivity index (χ2n) is 5.36. The van der Waals surface area contributed by atoms with Crippen LogP contribution in [0.15, 0.2) is 54.1 Å². The van der Waals surface area contributed by atoms with Crippen molar-refractivity contribution in [2.45, 2.75) is 6.61 Å². The van der Waals surface area contributed by atoms with Crippen molar-refractivity contribution in [3.05, 3.63) is 70.8 Å². The molecular formula is C19H16N2O6. The number of aromatic carboxylic acids is 1. The van der Waals surface area contributed by atoms with Gasteiger partial charge in [0.15, 0.2) is 6.29 Å². The number of nitrogens with two attached hydrogens (primary N) is 1. The molecule has 138 valence electrons. The Balaban J connectivity index is 2.18. The number of urea groups is 1. The van der Waals surface area contributed by atoms with Crippen LogP contribution in [0.5, 0.6) is 5.75 Å². The van der Waals surface area contributed by atoms with E-state index < -0.39 is 17.9 Å². The van der Waals surface area contributed by atoms with Gasteiger partial charge in [0.05, 0.1) is 11.1 Å². The summed E-state index contributed by atoms with van der Waals surface area (Å²) in [6, 6.07) is 11.8. The van der Waals surface area contributed by atoms with Crippen LogP contribution >= 0.6 is 0 Å². The summed E-state index contributed by atoms with van der Waals surface area (Å²) in [7, 11) is 0. The Labute approximate surface area is 154 Å². The lowest BCUT2D eigenvalue weighted by atomic mass is 10.1. The van der Waals surface area contributed by atoms with Crippen molar-refractivity contribution in [1.82, 2.24) is 5.32 Å². The van der Waals surface area contributed by atoms with Gasteiger partial charge < -0.3 is 15.6 Å². The summed E-state index contributed by atoms with van der Waals surface area (Å²) >= 11 is 0. The van der Waals surface area contributed by atoms with Crippen molar-refractivity contribution < 1.29 is 29.0 Å². The number of hydrogen-bond donors (Lipinski definition) is 3. The summed E-state index contributed by atoms with van der Waals surface area (Å²) in [5, 5.41) is 10.7. The molecule has 0 saturated heterocycles. The van der Waals surface area contributed by atoms with E-state index in [1.807, 2.05) is 5.32 Å². The van der Waals surface area contributed by atoms with Gasteiger partial charge in [0.1, 0.15) is 12.4 Å². The number of aldehydes is 1. The summed E-state index contributed by atoms with van der Waals surface area (Å²) in [6.07, 6.45) is 1.58. The molecule has 0 unspecified atom stereocenters. The maximum absolute atomic E-state index is 11.8. The summed E-state index contributed by atoms with van der Waals surface area (Å²) < 4.78 is 5.70. The molecule has 4 N–H and O–H groups in total. The van der Waals surface area contributed by atoms with Gasteiger partial charge in [-0.1, -0.05) is 30.3 Å². The van der Waals surface area contributed by atoms with Crippen molar-refractivity contribution in [2.24, 2.45) is 5.73 Å². The zero-order chi connectivity index (χ0) is 19.8. The van der Waals surface area contributed by atoms with E-state index >= 15 is 0 Å². The van der Waals surface area contributed by atoms with Gasteiger partial charge in [-0.05, 0) is 29.8 Å². The van der Waals surface area contributed by atoms with E-state index in [0.717, 1.165) is 5.56 Å². The van der Waals surface area contributed by atoms with Gasteiger partial charge in [0, 0.05) is 5.56 Å². The summed E-state index contributed by atoms with van der Waals surface area (Å²) in [5.74, 6) is -1.55. The van der Waals surface area contributed by atoms with Gasteiger partial charge in [-0.2, -0.15) is 0 Å². The maximum atomic E-state index is 11.8. The predicted octanol–water partition coefficient (Wildman–Crippen LogP) is 1.74. The number of carbonyl (C=O) groups is 4. The molecule has 0 atom stereocenters. The number of rotatable bonds is 7. The number of carboxylic acids is 1. The van der Waals surface area contributed by atoms with Crippen LogP contribution in [0.25, 0.3) is 6.08 Å². The van der Waals surface area contributed by atoms with Crippen molar-refractivity contribution >= 4 is 30.3 Å². The Bertz CT molecular complexity index is 903. The number of amides is 3. The molecule has 27 heavy (non-hydrogen) atoms. The number of benzene rings is 2. The Morgan fingerprint density at radius 1 is 1.07 bits per heavy atom. The van der Waals surface area contributed by atoms with Crippen molar-refractivity contribution in [3.8, 4) is 5.75 Å². The van der Waals surface area contributed by atoms with E-state index in [-0.39, 0.29) is 17.7 Å². The first-order valence-electron chi connectivity index (χ1n) is 7.72. The second kappa shape index (κ2) is 8.95. The number of ether oxygens (including phenoxy) is 1. The first-order chi connectivity index (χ1) is 12.9. The molecule has 0 fully saturated rings. The molecular weight excluding hydrogens is 352 g/mol. The average Bonchev–Trinajstić information content (AvgIpc) is 2.64. The van der Waals surface area contributed by atoms with Crippen molar-refractivity contribution in [3.63, 3.8) is 0 Å². The molecule has 8 heteroatoms. The molecule has 2 rings (SSSR count). The molecule has 0 saturated carbocycles. The molecule has 0 aromatic heterocycles. The van der Waals surface area contributed by atoms with E-state index in [1.165, 1.54) is 18.2 Å². The molecule has 0 spiro atoms. The zero-order valence-corrected chi connectivity index (χ0v) is 14.0. The Kier molecular flexibility index (Phi) is 6.43. The molecule has 0 bridgehead atoms. The topological polar surface area (TPSA) is 136 Å². The average molecular weight is 368 g/mol. The minimum absolute atomic E-state index is 0.147. The Morgan fingerprint density at radius 2 is 1.74 bits per heavy atom. The molecule has 0 radical (unpaired) electrons. The fraction of sp³-hybridized carbons (Fsp3) is 0.0526. The quantitative estimate of drug-likeness (QED) is 0.295. The molecule has 0 aliphatic carbocycles. The zero-order valence-electron chi connectivity index (χ0n) is 14.0. The van der Waals surface area contributed by atoms with Crippen molar-refractivity contribution in [2.75, 3.05) is 0 Å². The minimum Gasteiger partial charge on any atom is -0.488 e. The van der Waals surface area contributed by atoms with Gasteiger partial charge in [-0.3, -0.25) is 14.9 Å². The smallest absolute Gasteiger partial charge is 0.335 e. The fourth-order valence-corrected chi connectivity index (χ4v) is 2.14. The first kappa shape index (κ1) is 19.4. The van der Waals surface area contributed by atoms with Crippen LogP contribution in [0.1, 0.15) is 21.5 Å². The molecule has 8 nitrogen and oxygen atoms in total. The number of primary amides is 1. The number of nitrogens with one attached hydrogen (secondary N) is 1. The van der Waals surface area contributed by atoms with Crippen LogP contribution in [0.3, 0.4) is 0 Å². The predicted molar refractivity (Wildman–Crippen MR) is 95.9 cm³/mol. The maximum Gasteiger partial charge on any atom is 0.335 e. The highest BCUT2D eigenvalue weighted by atomic mass is 16.5. The summed E-state index contributed by atoms with van der Waals surface area (Å²) in [6.45, 7) is 0.147. The normalized spacial score (nSPS) is 10.7. The van der Waals surface area contributed by atoms with E-state index in [0.29, 0.717) is 17.6 Å². The molecule has 0 aliphatic heterocycles. The third kappa shape index (κ3) is 5.53. The third-order valence-electron chi connectivity index (χ3n) is 3.45. The van der Waals surface area contributed by atoms with Crippen molar-refractivity contribution in [1.29, 1.82) is 0 Å². The lowest BCUT2D eigenvalue weighted by Crippen LogP contribution is -2.36. The largest absolute Gasteiger partial charge is 0.488 e. The summed E-state index contributed by atoms with van der Waals surface area (Å²) in [4.78, 5) is 44.5. The second-order valence-corrected chi connectivity index (χ2v) is 5.36. The van der Waals surface area contributed by atoms with Gasteiger partial charge in [0.25, 0.3) is 5.91 Å². The lowest BCUT2D eigenvalue weighted by molar-refractivity contribution is -0.118. The van der Waals surface area contributed by atoms with Gasteiger partial charge in [-0.25, -0.2) is 9.59 Å². The SMILES string of the molecule is NC(=O)NC(=O)/C(C=O)=C\c1ccccc1OCc1ccc(C(=O)O)cc1. The van der Waals surface area contributed by atoms with Gasteiger partial charge in [0.2, 0.25) is 0 Å². The minimum atomic E-state index is -1.07. The molecule has 2 aromatic rings. The number of para-hydroxylation sites is 1. The summed E-state index contributed by atoms with van der Waals surface area (Å²) in [5.41, 5.74) is 5.93. The van der Waals surface area contributed by atoms with E-state index in [4.69, 9.17) is 15.6 Å². The van der Waals surface area contributed by atoms with Crippen LogP contribution in [0.4, 0.5) is 4.79 Å². The first-order valence-corrected chi connectivity index (χ1v) is 7.72. The lowest BCUT2D eigenvalue weighted by Gasteiger charge is -2.10. The van der Waals surface area contributed by atoms with Crippen LogP contribution in [-0.4, -0.2) is 29.3 Å². The highest BCUT2D eigenvalue weighted by Crippen LogP contribution is 2.22. The highest BCUT2D eigenvalue weighted by Gasteiger charge is 2.12. The van der Waals surface area contributed by atoms with Crippen LogP contribution < -0.4 is 15.8 Å². The standard InChI is InChI=1S/C19H16N2O6/c20-19(26)21-17(23)15(10-22)9-14-3-1-2-4-16(14)27-11-12-5-7-13(8-6-12)18(24)25/h1-10H,11H2,(H,24,25)(H3,20,21,23,26)/b15-9-. The van der Waals surface area contributed by atoms with Gasteiger partial charge in [-0.15, -0.1) is 0 Å². The van der Waals surface area contributed by atoms with Crippen LogP contribution in [0.2, 0.25) is 0 Å². The highest BCUT2D eigenvalue weighted by molar-refractivity contribution is 6.18. The Morgan fingerprint density at radius 3 is 2.33 bits per heavy atom. The fourth-order valence-electron chi connectivity index (χ4n) is 2.14. The molecule has 0 aliphatic rings. The molecule has 0 heterocycles. The van der Waals surface area contributed by atoms with E-state index in [9.17, 15) is 19.2 Å². The monoisotopic (exact) mass is 368 g/mol. The number of carboxylic acid groups (broad SMARTS) is 1. The van der Waals surface area contributed by atoms with E-state index in [2.05, 4.69) is 0 Å². The molecule has 3 amide bonds. The number of carbonyl (C=O) groups excluding carboxylic acids is 3. The molecule has 2 aromatic carbocycles. The van der Waals surface area contributed by atoms with Crippen LogP contribution in [-0.2, 0) is 16.2 Å². The number of hydrogen-bond acceptors (Lipinski definition) is 5. The van der Waals surface area contributed by atoms with Gasteiger partial charge >= 0.3 is 12.0 Å². The van der Waals surface area contributed by atoms with E-state index in [1.54, 1.807) is 36.4 Å². The van der Waals surface area contributed by atoms with Crippen LogP contribution in [0, 0.1) is 0 Å². The third-order valence-corrected chi connectivity index (χ3v) is 3.45.